The Morgan fingerprint density at radius 1 is 1.08 bits per heavy atom. The van der Waals surface area contributed by atoms with E-state index >= 15 is 0 Å². The van der Waals surface area contributed by atoms with Crippen LogP contribution < -0.4 is 0 Å². The third kappa shape index (κ3) is 4.35. The molecule has 0 unspecified atom stereocenters. The molecule has 128 valence electrons. The number of nitrogens with zero attached hydrogens (tertiary/aromatic N) is 1. The van der Waals surface area contributed by atoms with Crippen molar-refractivity contribution < 1.29 is 18.3 Å². The van der Waals surface area contributed by atoms with Gasteiger partial charge in [-0.05, 0) is 36.8 Å². The lowest BCUT2D eigenvalue weighted by Gasteiger charge is -2.23. The van der Waals surface area contributed by atoms with Gasteiger partial charge in [-0.3, -0.25) is 4.79 Å². The van der Waals surface area contributed by atoms with Crippen LogP contribution in [0.4, 0.5) is 0 Å². The lowest BCUT2D eigenvalue weighted by Crippen LogP contribution is -2.31. The van der Waals surface area contributed by atoms with E-state index in [-0.39, 0.29) is 16.6 Å². The molecular weight excluding hydrogens is 326 g/mol. The largest absolute Gasteiger partial charge is 0.508 e. The molecule has 0 fully saturated rings. The molecule has 0 bridgehead atoms. The number of hydrogen-bond acceptors (Lipinski definition) is 4. The van der Waals surface area contributed by atoms with E-state index in [9.17, 15) is 18.3 Å². The predicted molar refractivity (Wildman–Crippen MR) is 92.7 cm³/mol. The number of hydrogen-bond donors (Lipinski definition) is 1. The molecule has 0 atom stereocenters. The molecular formula is C18H21NO4S. The standard InChI is InChI=1S/C18H21NO4S/c1-3-12-19(13-15-6-4-5-7-17(15)20)18(21)14-8-10-16(11-9-14)24(2,22)23/h4-11,20H,3,12-13H2,1-2H3. The maximum Gasteiger partial charge on any atom is 0.254 e. The van der Waals surface area contributed by atoms with Gasteiger partial charge in [-0.15, -0.1) is 0 Å². The van der Waals surface area contributed by atoms with Gasteiger partial charge in [0.1, 0.15) is 5.75 Å². The second-order valence-electron chi connectivity index (χ2n) is 5.65. The number of sulfone groups is 1. The average molecular weight is 347 g/mol. The highest BCUT2D eigenvalue weighted by Gasteiger charge is 2.17. The Labute approximate surface area is 142 Å². The molecule has 0 aromatic heterocycles. The summed E-state index contributed by atoms with van der Waals surface area (Å²) in [7, 11) is -3.29. The van der Waals surface area contributed by atoms with Gasteiger partial charge in [0, 0.05) is 30.5 Å². The van der Waals surface area contributed by atoms with E-state index in [0.29, 0.717) is 24.2 Å². The summed E-state index contributed by atoms with van der Waals surface area (Å²) in [4.78, 5) is 14.5. The van der Waals surface area contributed by atoms with Crippen LogP contribution in [0.2, 0.25) is 0 Å². The molecule has 24 heavy (non-hydrogen) atoms. The van der Waals surface area contributed by atoms with Crippen LogP contribution in [-0.2, 0) is 16.4 Å². The Hall–Kier alpha value is -2.34. The number of aromatic hydroxyl groups is 1. The van der Waals surface area contributed by atoms with Gasteiger partial charge in [0.15, 0.2) is 9.84 Å². The van der Waals surface area contributed by atoms with Crippen LogP contribution in [0, 0.1) is 0 Å². The molecule has 0 spiro atoms. The molecule has 0 aliphatic rings. The summed E-state index contributed by atoms with van der Waals surface area (Å²) in [6.07, 6.45) is 1.91. The van der Waals surface area contributed by atoms with Crippen LogP contribution in [-0.4, -0.2) is 37.1 Å². The lowest BCUT2D eigenvalue weighted by atomic mass is 10.1. The number of phenolic OH excluding ortho intramolecular Hbond substituents is 1. The van der Waals surface area contributed by atoms with Crippen LogP contribution in [0.15, 0.2) is 53.4 Å². The maximum atomic E-state index is 12.7. The van der Waals surface area contributed by atoms with Crippen molar-refractivity contribution >= 4 is 15.7 Å². The van der Waals surface area contributed by atoms with Gasteiger partial charge in [0.2, 0.25) is 0 Å². The average Bonchev–Trinajstić information content (AvgIpc) is 2.55. The Morgan fingerprint density at radius 3 is 2.25 bits per heavy atom. The fraction of sp³-hybridized carbons (Fsp3) is 0.278. The van der Waals surface area contributed by atoms with Crippen molar-refractivity contribution in [2.45, 2.75) is 24.8 Å². The first kappa shape index (κ1) is 18.0. The summed E-state index contributed by atoms with van der Waals surface area (Å²) in [6.45, 7) is 2.81. The van der Waals surface area contributed by atoms with E-state index in [1.807, 2.05) is 13.0 Å². The highest BCUT2D eigenvalue weighted by Crippen LogP contribution is 2.20. The number of carbonyl (C=O) groups excluding carboxylic acids is 1. The topological polar surface area (TPSA) is 74.7 Å². The molecule has 2 rings (SSSR count). The summed E-state index contributed by atoms with van der Waals surface area (Å²) in [6, 6.07) is 12.8. The third-order valence-corrected chi connectivity index (χ3v) is 4.79. The summed E-state index contributed by atoms with van der Waals surface area (Å²) >= 11 is 0. The Balaban J connectivity index is 2.24. The molecule has 6 heteroatoms. The van der Waals surface area contributed by atoms with Crippen LogP contribution in [0.25, 0.3) is 0 Å². The molecule has 0 aliphatic heterocycles. The highest BCUT2D eigenvalue weighted by molar-refractivity contribution is 7.90. The number of para-hydroxylation sites is 1. The van der Waals surface area contributed by atoms with Gasteiger partial charge < -0.3 is 10.0 Å². The summed E-state index contributed by atoms with van der Waals surface area (Å²) < 4.78 is 23.0. The van der Waals surface area contributed by atoms with Crippen molar-refractivity contribution in [3.05, 3.63) is 59.7 Å². The van der Waals surface area contributed by atoms with Gasteiger partial charge in [0.25, 0.3) is 5.91 Å². The van der Waals surface area contributed by atoms with Crippen LogP contribution in [0.1, 0.15) is 29.3 Å². The molecule has 0 saturated heterocycles. The third-order valence-electron chi connectivity index (χ3n) is 3.66. The summed E-state index contributed by atoms with van der Waals surface area (Å²) in [5.74, 6) is -0.0426. The van der Waals surface area contributed by atoms with Crippen molar-refractivity contribution in [1.82, 2.24) is 4.90 Å². The summed E-state index contributed by atoms with van der Waals surface area (Å²) in [5, 5.41) is 9.90. The smallest absolute Gasteiger partial charge is 0.254 e. The first-order chi connectivity index (χ1) is 11.3. The monoisotopic (exact) mass is 347 g/mol. The van der Waals surface area contributed by atoms with Crippen molar-refractivity contribution in [1.29, 1.82) is 0 Å². The molecule has 0 saturated carbocycles. The molecule has 2 aromatic rings. The van der Waals surface area contributed by atoms with Gasteiger partial charge in [-0.1, -0.05) is 25.1 Å². The number of benzene rings is 2. The van der Waals surface area contributed by atoms with E-state index < -0.39 is 9.84 Å². The quantitative estimate of drug-likeness (QED) is 0.872. The number of carbonyl (C=O) groups is 1. The van der Waals surface area contributed by atoms with E-state index in [4.69, 9.17) is 0 Å². The van der Waals surface area contributed by atoms with Gasteiger partial charge in [0.05, 0.1) is 4.90 Å². The molecule has 5 nitrogen and oxygen atoms in total. The zero-order chi connectivity index (χ0) is 17.7. The predicted octanol–water partition coefficient (Wildman–Crippen LogP) is 2.85. The fourth-order valence-corrected chi connectivity index (χ4v) is 3.03. The van der Waals surface area contributed by atoms with Crippen molar-refractivity contribution in [2.24, 2.45) is 0 Å². The van der Waals surface area contributed by atoms with Gasteiger partial charge in [-0.2, -0.15) is 0 Å². The molecule has 2 aromatic carbocycles. The van der Waals surface area contributed by atoms with Crippen LogP contribution in [0.3, 0.4) is 0 Å². The van der Waals surface area contributed by atoms with Crippen molar-refractivity contribution in [2.75, 3.05) is 12.8 Å². The summed E-state index contributed by atoms with van der Waals surface area (Å²) in [5.41, 5.74) is 1.10. The number of rotatable bonds is 6. The Bertz CT molecular complexity index is 813. The van der Waals surface area contributed by atoms with E-state index in [0.717, 1.165) is 12.7 Å². The highest BCUT2D eigenvalue weighted by atomic mass is 32.2. The van der Waals surface area contributed by atoms with Gasteiger partial charge >= 0.3 is 0 Å². The van der Waals surface area contributed by atoms with Gasteiger partial charge in [-0.25, -0.2) is 8.42 Å². The second kappa shape index (κ2) is 7.49. The second-order valence-corrected chi connectivity index (χ2v) is 7.67. The maximum absolute atomic E-state index is 12.7. The molecule has 0 radical (unpaired) electrons. The van der Waals surface area contributed by atoms with Crippen molar-refractivity contribution in [3.8, 4) is 5.75 Å². The molecule has 1 N–H and O–H groups in total. The normalized spacial score (nSPS) is 11.2. The first-order valence-electron chi connectivity index (χ1n) is 7.69. The fourth-order valence-electron chi connectivity index (χ4n) is 2.40. The van der Waals surface area contributed by atoms with E-state index in [1.165, 1.54) is 24.3 Å². The lowest BCUT2D eigenvalue weighted by molar-refractivity contribution is 0.0742. The first-order valence-corrected chi connectivity index (χ1v) is 9.58. The molecule has 0 aliphatic carbocycles. The zero-order valence-corrected chi connectivity index (χ0v) is 14.6. The molecule has 0 heterocycles. The minimum atomic E-state index is -3.29. The van der Waals surface area contributed by atoms with E-state index in [1.54, 1.807) is 23.1 Å². The minimum absolute atomic E-state index is 0.152. The van der Waals surface area contributed by atoms with Crippen LogP contribution >= 0.6 is 0 Å². The van der Waals surface area contributed by atoms with Crippen molar-refractivity contribution in [3.63, 3.8) is 0 Å². The zero-order valence-electron chi connectivity index (χ0n) is 13.8. The number of amides is 1. The minimum Gasteiger partial charge on any atom is -0.508 e. The Kier molecular flexibility index (Phi) is 5.62. The number of phenols is 1. The van der Waals surface area contributed by atoms with E-state index in [2.05, 4.69) is 0 Å². The Morgan fingerprint density at radius 2 is 1.71 bits per heavy atom. The SMILES string of the molecule is CCCN(Cc1ccccc1O)C(=O)c1ccc(S(C)(=O)=O)cc1. The van der Waals surface area contributed by atoms with Crippen LogP contribution in [0.5, 0.6) is 5.75 Å². The molecule has 1 amide bonds.